The van der Waals surface area contributed by atoms with Crippen LogP contribution < -0.4 is 4.83 Å². The van der Waals surface area contributed by atoms with Gasteiger partial charge in [-0.05, 0) is 43.7 Å². The van der Waals surface area contributed by atoms with Gasteiger partial charge in [-0.25, -0.2) is 9.22 Å². The predicted octanol–water partition coefficient (Wildman–Crippen LogP) is 3.99. The molecule has 0 aliphatic rings. The van der Waals surface area contributed by atoms with Crippen LogP contribution in [0.15, 0.2) is 52.5 Å². The molecular weight excluding hydrogens is 351 g/mol. The van der Waals surface area contributed by atoms with E-state index in [0.717, 1.165) is 24.8 Å². The van der Waals surface area contributed by atoms with E-state index >= 15 is 0 Å². The first kappa shape index (κ1) is 19.7. The molecule has 2 aromatic rings. The van der Waals surface area contributed by atoms with Crippen molar-refractivity contribution in [2.75, 3.05) is 0 Å². The maximum Gasteiger partial charge on any atom is 0.276 e. The van der Waals surface area contributed by atoms with Crippen LogP contribution in [0.3, 0.4) is 0 Å². The lowest BCUT2D eigenvalue weighted by Crippen LogP contribution is -2.18. The molecule has 0 saturated carbocycles. The smallest absolute Gasteiger partial charge is 0.207 e. The number of aryl methyl sites for hydroxylation is 1. The second kappa shape index (κ2) is 9.16. The van der Waals surface area contributed by atoms with Gasteiger partial charge in [-0.1, -0.05) is 42.9 Å². The molecule has 6 heteroatoms. The third kappa shape index (κ3) is 5.71. The quantitative estimate of drug-likeness (QED) is 0.361. The van der Waals surface area contributed by atoms with Crippen LogP contribution in [0.5, 0.6) is 0 Å². The summed E-state index contributed by atoms with van der Waals surface area (Å²) in [5.41, 5.74) is 1.98. The van der Waals surface area contributed by atoms with Crippen LogP contribution in [0, 0.1) is 24.6 Å². The molecule has 136 valence electrons. The number of nitrogens with zero attached hydrogens (tertiary/aromatic N) is 1. The molecule has 0 saturated heterocycles. The minimum absolute atomic E-state index is 0.124. The summed E-state index contributed by atoms with van der Waals surface area (Å²) in [7, 11) is -3.75. The van der Waals surface area contributed by atoms with E-state index in [1.54, 1.807) is 12.1 Å². The largest absolute Gasteiger partial charge is 0.276 e. The molecule has 2 rings (SSSR count). The third-order valence-electron chi connectivity index (χ3n) is 3.60. The van der Waals surface area contributed by atoms with E-state index in [9.17, 15) is 12.8 Å². The monoisotopic (exact) mass is 372 g/mol. The number of rotatable bonds is 6. The zero-order valence-corrected chi connectivity index (χ0v) is 15.6. The summed E-state index contributed by atoms with van der Waals surface area (Å²) in [4.78, 5) is 2.29. The Morgan fingerprint density at radius 3 is 2.62 bits per heavy atom. The van der Waals surface area contributed by atoms with Crippen molar-refractivity contribution in [3.05, 3.63) is 65.0 Å². The standard InChI is InChI=1S/C20H21FN2O2S/c1-3-4-5-6-7-17-14-19(21)11-10-18(17)15-22-23-26(24,25)20-12-8-16(2)9-13-20/h8-15,23H,3-5H2,1-2H3/b22-15+. The average molecular weight is 372 g/mol. The molecule has 0 bridgehead atoms. The molecule has 0 aliphatic heterocycles. The second-order valence-electron chi connectivity index (χ2n) is 5.80. The van der Waals surface area contributed by atoms with Crippen LogP contribution in [-0.2, 0) is 10.0 Å². The fourth-order valence-electron chi connectivity index (χ4n) is 2.11. The van der Waals surface area contributed by atoms with Crippen molar-refractivity contribution in [3.8, 4) is 11.8 Å². The summed E-state index contributed by atoms with van der Waals surface area (Å²) in [6.45, 7) is 3.95. The number of hydrazone groups is 1. The summed E-state index contributed by atoms with van der Waals surface area (Å²) < 4.78 is 37.9. The first-order valence-electron chi connectivity index (χ1n) is 8.32. The molecule has 0 atom stereocenters. The lowest BCUT2D eigenvalue weighted by molar-refractivity contribution is 0.584. The number of sulfonamides is 1. The van der Waals surface area contributed by atoms with E-state index in [-0.39, 0.29) is 4.90 Å². The van der Waals surface area contributed by atoms with Gasteiger partial charge in [-0.15, -0.1) is 0 Å². The summed E-state index contributed by atoms with van der Waals surface area (Å²) in [5, 5.41) is 3.79. The van der Waals surface area contributed by atoms with Gasteiger partial charge in [0, 0.05) is 17.5 Å². The zero-order chi connectivity index (χ0) is 19.0. The van der Waals surface area contributed by atoms with Crippen molar-refractivity contribution in [2.45, 2.75) is 38.0 Å². The first-order chi connectivity index (χ1) is 12.4. The second-order valence-corrected chi connectivity index (χ2v) is 7.46. The Balaban J connectivity index is 2.16. The van der Waals surface area contributed by atoms with E-state index in [2.05, 4.69) is 28.7 Å². The highest BCUT2D eigenvalue weighted by atomic mass is 32.2. The third-order valence-corrected chi connectivity index (χ3v) is 4.84. The van der Waals surface area contributed by atoms with Crippen LogP contribution in [0.2, 0.25) is 0 Å². The molecule has 0 heterocycles. The van der Waals surface area contributed by atoms with Crippen LogP contribution >= 0.6 is 0 Å². The van der Waals surface area contributed by atoms with Crippen molar-refractivity contribution < 1.29 is 12.8 Å². The fourth-order valence-corrected chi connectivity index (χ4v) is 2.90. The molecule has 1 N–H and O–H groups in total. The van der Waals surface area contributed by atoms with Crippen molar-refractivity contribution in [3.63, 3.8) is 0 Å². The molecule has 0 unspecified atom stereocenters. The normalized spacial score (nSPS) is 11.2. The number of hydrogen-bond acceptors (Lipinski definition) is 3. The van der Waals surface area contributed by atoms with E-state index in [1.807, 2.05) is 6.92 Å². The van der Waals surface area contributed by atoms with Gasteiger partial charge in [0.15, 0.2) is 0 Å². The highest BCUT2D eigenvalue weighted by Gasteiger charge is 2.11. The summed E-state index contributed by atoms with van der Waals surface area (Å²) in [6.07, 6.45) is 4.06. The minimum Gasteiger partial charge on any atom is -0.207 e. The van der Waals surface area contributed by atoms with E-state index in [4.69, 9.17) is 0 Å². The van der Waals surface area contributed by atoms with Gasteiger partial charge >= 0.3 is 0 Å². The maximum atomic E-state index is 13.5. The zero-order valence-electron chi connectivity index (χ0n) is 14.8. The van der Waals surface area contributed by atoms with Crippen molar-refractivity contribution in [2.24, 2.45) is 5.10 Å². The van der Waals surface area contributed by atoms with E-state index in [1.165, 1.54) is 36.5 Å². The van der Waals surface area contributed by atoms with Gasteiger partial charge in [-0.2, -0.15) is 13.5 Å². The number of halogens is 1. The number of benzene rings is 2. The Hall–Kier alpha value is -2.65. The van der Waals surface area contributed by atoms with Gasteiger partial charge in [0.25, 0.3) is 10.0 Å². The van der Waals surface area contributed by atoms with E-state index < -0.39 is 15.8 Å². The molecule has 0 spiro atoms. The van der Waals surface area contributed by atoms with Crippen molar-refractivity contribution in [1.29, 1.82) is 0 Å². The molecule has 4 nitrogen and oxygen atoms in total. The molecule has 0 aromatic heterocycles. The van der Waals surface area contributed by atoms with Gasteiger partial charge in [0.05, 0.1) is 11.1 Å². The molecule has 0 aliphatic carbocycles. The Morgan fingerprint density at radius 2 is 1.92 bits per heavy atom. The Labute approximate surface area is 154 Å². The van der Waals surface area contributed by atoms with Gasteiger partial charge < -0.3 is 0 Å². The predicted molar refractivity (Wildman–Crippen MR) is 102 cm³/mol. The first-order valence-corrected chi connectivity index (χ1v) is 9.80. The molecule has 26 heavy (non-hydrogen) atoms. The molecule has 0 fully saturated rings. The maximum absolute atomic E-state index is 13.5. The minimum atomic E-state index is -3.75. The average Bonchev–Trinajstić information content (AvgIpc) is 2.61. The lowest BCUT2D eigenvalue weighted by Gasteiger charge is -2.04. The highest BCUT2D eigenvalue weighted by molar-refractivity contribution is 7.89. The molecule has 0 amide bonds. The number of nitrogens with one attached hydrogen (secondary N) is 1. The Kier molecular flexibility index (Phi) is 6.93. The molecule has 2 aromatic carbocycles. The van der Waals surface area contributed by atoms with Crippen LogP contribution in [0.4, 0.5) is 4.39 Å². The summed E-state index contributed by atoms with van der Waals surface area (Å²) in [5.74, 6) is 5.51. The summed E-state index contributed by atoms with van der Waals surface area (Å²) in [6, 6.07) is 10.6. The topological polar surface area (TPSA) is 58.5 Å². The Morgan fingerprint density at radius 1 is 1.19 bits per heavy atom. The highest BCUT2D eigenvalue weighted by Crippen LogP contribution is 2.11. The van der Waals surface area contributed by atoms with Gasteiger partial charge in [0.2, 0.25) is 0 Å². The van der Waals surface area contributed by atoms with E-state index in [0.29, 0.717) is 11.1 Å². The van der Waals surface area contributed by atoms with Crippen LogP contribution in [0.25, 0.3) is 0 Å². The van der Waals surface area contributed by atoms with Crippen LogP contribution in [0.1, 0.15) is 42.9 Å². The SMILES string of the molecule is CCCCC#Cc1cc(F)ccc1/C=N/NS(=O)(=O)c1ccc(C)cc1. The molecule has 0 radical (unpaired) electrons. The van der Waals surface area contributed by atoms with Gasteiger partial charge in [0.1, 0.15) is 5.82 Å². The molecular formula is C20H21FN2O2S. The summed E-state index contributed by atoms with van der Waals surface area (Å²) >= 11 is 0. The Bertz CT molecular complexity index is 940. The lowest BCUT2D eigenvalue weighted by atomic mass is 10.1. The van der Waals surface area contributed by atoms with Crippen LogP contribution in [-0.4, -0.2) is 14.6 Å². The van der Waals surface area contributed by atoms with Gasteiger partial charge in [-0.3, -0.25) is 0 Å². The van der Waals surface area contributed by atoms with Crippen molar-refractivity contribution in [1.82, 2.24) is 4.83 Å². The number of unbranched alkanes of at least 4 members (excludes halogenated alkanes) is 2. The fraction of sp³-hybridized carbons (Fsp3) is 0.250. The number of hydrogen-bond donors (Lipinski definition) is 1. The van der Waals surface area contributed by atoms with Crippen molar-refractivity contribution >= 4 is 16.2 Å².